The molecule has 2 fully saturated rings. The summed E-state index contributed by atoms with van der Waals surface area (Å²) in [6.45, 7) is 3.84. The predicted molar refractivity (Wildman–Crippen MR) is 77.0 cm³/mol. The highest BCUT2D eigenvalue weighted by molar-refractivity contribution is 7.80. The third-order valence-corrected chi connectivity index (χ3v) is 4.37. The third-order valence-electron chi connectivity index (χ3n) is 4.04. The monoisotopic (exact) mass is 294 g/mol. The maximum Gasteiger partial charge on any atom is 0.274 e. The highest BCUT2D eigenvalue weighted by Gasteiger charge is 2.48. The number of amides is 1. The zero-order valence-electron chi connectivity index (χ0n) is 11.6. The van der Waals surface area contributed by atoms with Gasteiger partial charge in [-0.25, -0.2) is 9.97 Å². The average Bonchev–Trinajstić information content (AvgIpc) is 2.47. The molecule has 7 heteroatoms. The van der Waals surface area contributed by atoms with E-state index >= 15 is 0 Å². The molecule has 6 nitrogen and oxygen atoms in total. The second-order valence-corrected chi connectivity index (χ2v) is 6.03. The fourth-order valence-corrected chi connectivity index (χ4v) is 3.13. The van der Waals surface area contributed by atoms with Gasteiger partial charge in [-0.3, -0.25) is 9.69 Å². The van der Waals surface area contributed by atoms with Gasteiger partial charge in [-0.15, -0.1) is 0 Å². The smallest absolute Gasteiger partial charge is 0.274 e. The summed E-state index contributed by atoms with van der Waals surface area (Å²) in [4.78, 5) is 24.9. The summed E-state index contributed by atoms with van der Waals surface area (Å²) in [6, 6.07) is 0.555. The van der Waals surface area contributed by atoms with Crippen molar-refractivity contribution in [3.8, 4) is 5.88 Å². The van der Waals surface area contributed by atoms with Crippen LogP contribution in [0, 0.1) is 0 Å². The number of piperazine rings is 1. The van der Waals surface area contributed by atoms with Crippen molar-refractivity contribution in [1.82, 2.24) is 19.8 Å². The number of fused-ring (bicyclic) bond motifs is 2. The van der Waals surface area contributed by atoms with Gasteiger partial charge < -0.3 is 9.64 Å². The van der Waals surface area contributed by atoms with E-state index in [2.05, 4.69) is 34.4 Å². The lowest BCUT2D eigenvalue weighted by molar-refractivity contribution is -0.0494. The van der Waals surface area contributed by atoms with Crippen molar-refractivity contribution in [2.45, 2.75) is 30.8 Å². The van der Waals surface area contributed by atoms with Crippen molar-refractivity contribution in [2.24, 2.45) is 0 Å². The van der Waals surface area contributed by atoms with E-state index in [0.29, 0.717) is 11.6 Å². The van der Waals surface area contributed by atoms with E-state index in [9.17, 15) is 4.79 Å². The summed E-state index contributed by atoms with van der Waals surface area (Å²) in [6.07, 6.45) is 4.03. The van der Waals surface area contributed by atoms with Crippen LogP contribution in [0.5, 0.6) is 5.88 Å². The number of likely N-dealkylation sites (tertiary alicyclic amines) is 2. The number of thiol groups is 1. The summed E-state index contributed by atoms with van der Waals surface area (Å²) >= 11 is 4.46. The molecule has 108 valence electrons. The molecule has 0 aromatic carbocycles. The summed E-state index contributed by atoms with van der Waals surface area (Å²) in [5.41, 5.74) is 0.382. The normalized spacial score (nSPS) is 26.9. The van der Waals surface area contributed by atoms with E-state index < -0.39 is 0 Å². The fourth-order valence-electron chi connectivity index (χ4n) is 2.94. The SMILES string of the molecule is COc1cnc(C(=O)N2C3CC2CN(C(C)S)C3)cn1. The molecule has 0 spiro atoms. The molecule has 2 aliphatic heterocycles. The molecule has 3 atom stereocenters. The van der Waals surface area contributed by atoms with Crippen LogP contribution < -0.4 is 4.74 Å². The zero-order valence-corrected chi connectivity index (χ0v) is 12.5. The van der Waals surface area contributed by atoms with Crippen LogP contribution in [0.25, 0.3) is 0 Å². The second kappa shape index (κ2) is 5.21. The molecule has 0 N–H and O–H groups in total. The molecular weight excluding hydrogens is 276 g/mol. The van der Waals surface area contributed by atoms with Gasteiger partial charge in [0, 0.05) is 25.2 Å². The molecule has 20 heavy (non-hydrogen) atoms. The molecule has 3 unspecified atom stereocenters. The maximum absolute atomic E-state index is 12.5. The number of carbonyl (C=O) groups excluding carboxylic acids is 1. The number of nitrogens with zero attached hydrogens (tertiary/aromatic N) is 4. The first-order chi connectivity index (χ1) is 9.60. The minimum absolute atomic E-state index is 0.0344. The molecular formula is C13H18N4O2S. The zero-order chi connectivity index (χ0) is 14.3. The Kier molecular flexibility index (Phi) is 3.55. The first-order valence-electron chi connectivity index (χ1n) is 6.71. The molecule has 1 aromatic rings. The Labute approximate surface area is 123 Å². The quantitative estimate of drug-likeness (QED) is 0.830. The Morgan fingerprint density at radius 2 is 2.10 bits per heavy atom. The Hall–Kier alpha value is -1.34. The van der Waals surface area contributed by atoms with E-state index in [4.69, 9.17) is 4.74 Å². The molecule has 1 aromatic heterocycles. The van der Waals surface area contributed by atoms with Gasteiger partial charge in [0.25, 0.3) is 5.91 Å². The van der Waals surface area contributed by atoms with Crippen LogP contribution in [0.15, 0.2) is 12.4 Å². The predicted octanol–water partition coefficient (Wildman–Crippen LogP) is 0.660. The number of rotatable bonds is 3. The van der Waals surface area contributed by atoms with Gasteiger partial charge in [0.1, 0.15) is 5.69 Å². The molecule has 2 aliphatic rings. The summed E-state index contributed by atoms with van der Waals surface area (Å²) in [5, 5.41) is 0.235. The third kappa shape index (κ3) is 2.25. The fraction of sp³-hybridized carbons (Fsp3) is 0.615. The average molecular weight is 294 g/mol. The van der Waals surface area contributed by atoms with E-state index in [0.717, 1.165) is 19.5 Å². The lowest BCUT2D eigenvalue weighted by atomic mass is 9.87. The molecule has 0 saturated carbocycles. The van der Waals surface area contributed by atoms with Gasteiger partial charge >= 0.3 is 0 Å². The molecule has 1 amide bonds. The minimum Gasteiger partial charge on any atom is -0.480 e. The summed E-state index contributed by atoms with van der Waals surface area (Å²) in [7, 11) is 1.53. The van der Waals surface area contributed by atoms with E-state index in [1.54, 1.807) is 0 Å². The van der Waals surface area contributed by atoms with Crippen LogP contribution in [-0.2, 0) is 0 Å². The van der Waals surface area contributed by atoms with Crippen molar-refractivity contribution in [3.05, 3.63) is 18.1 Å². The van der Waals surface area contributed by atoms with Gasteiger partial charge in [-0.05, 0) is 13.3 Å². The number of ether oxygens (including phenoxy) is 1. The first kappa shape index (κ1) is 13.6. The largest absolute Gasteiger partial charge is 0.480 e. The van der Waals surface area contributed by atoms with E-state index in [-0.39, 0.29) is 23.4 Å². The maximum atomic E-state index is 12.5. The minimum atomic E-state index is -0.0344. The van der Waals surface area contributed by atoms with Crippen molar-refractivity contribution >= 4 is 18.5 Å². The van der Waals surface area contributed by atoms with Gasteiger partial charge in [0.2, 0.25) is 5.88 Å². The molecule has 3 heterocycles. The van der Waals surface area contributed by atoms with Gasteiger partial charge in [0.05, 0.1) is 24.9 Å². The van der Waals surface area contributed by atoms with Crippen LogP contribution >= 0.6 is 12.6 Å². The van der Waals surface area contributed by atoms with Crippen molar-refractivity contribution in [1.29, 1.82) is 0 Å². The second-order valence-electron chi connectivity index (χ2n) is 5.29. The standard InChI is InChI=1S/C13H18N4O2S/c1-8(20)16-6-9-3-10(7-16)17(9)13(18)11-4-15-12(19-2)5-14-11/h4-5,8-10,20H,3,6-7H2,1-2H3. The highest BCUT2D eigenvalue weighted by Crippen LogP contribution is 2.34. The van der Waals surface area contributed by atoms with Gasteiger partial charge in [-0.2, -0.15) is 12.6 Å². The van der Waals surface area contributed by atoms with Crippen LogP contribution in [0.2, 0.25) is 0 Å². The Morgan fingerprint density at radius 3 is 2.60 bits per heavy atom. The number of hydrogen-bond acceptors (Lipinski definition) is 6. The molecule has 3 rings (SSSR count). The van der Waals surface area contributed by atoms with Gasteiger partial charge in [0.15, 0.2) is 0 Å². The lowest BCUT2D eigenvalue weighted by Crippen LogP contribution is -2.70. The van der Waals surface area contributed by atoms with Crippen LogP contribution in [0.3, 0.4) is 0 Å². The molecule has 0 aliphatic carbocycles. The van der Waals surface area contributed by atoms with Crippen LogP contribution in [0.1, 0.15) is 23.8 Å². The number of piperidine rings is 1. The number of carbonyl (C=O) groups is 1. The molecule has 2 saturated heterocycles. The van der Waals surface area contributed by atoms with Crippen molar-refractivity contribution in [2.75, 3.05) is 20.2 Å². The Morgan fingerprint density at radius 1 is 1.40 bits per heavy atom. The Bertz CT molecular complexity index is 496. The Balaban J connectivity index is 1.70. The lowest BCUT2D eigenvalue weighted by Gasteiger charge is -2.56. The highest BCUT2D eigenvalue weighted by atomic mass is 32.1. The van der Waals surface area contributed by atoms with E-state index in [1.165, 1.54) is 19.5 Å². The summed E-state index contributed by atoms with van der Waals surface area (Å²) < 4.78 is 4.95. The van der Waals surface area contributed by atoms with Crippen LogP contribution in [-0.4, -0.2) is 63.3 Å². The summed E-state index contributed by atoms with van der Waals surface area (Å²) in [5.74, 6) is 0.383. The number of methoxy groups -OCH3 is 1. The number of aromatic nitrogens is 2. The van der Waals surface area contributed by atoms with E-state index in [1.807, 2.05) is 4.90 Å². The molecule has 0 radical (unpaired) electrons. The first-order valence-corrected chi connectivity index (χ1v) is 7.22. The van der Waals surface area contributed by atoms with Crippen molar-refractivity contribution in [3.63, 3.8) is 0 Å². The topological polar surface area (TPSA) is 58.6 Å². The van der Waals surface area contributed by atoms with Gasteiger partial charge in [-0.1, -0.05) is 0 Å². The van der Waals surface area contributed by atoms with Crippen LogP contribution in [0.4, 0.5) is 0 Å². The molecule has 2 bridgehead atoms. The number of hydrogen-bond donors (Lipinski definition) is 1. The van der Waals surface area contributed by atoms with Crippen molar-refractivity contribution < 1.29 is 9.53 Å².